The highest BCUT2D eigenvalue weighted by molar-refractivity contribution is 6.30. The van der Waals surface area contributed by atoms with E-state index in [-0.39, 0.29) is 6.03 Å². The molecule has 0 spiro atoms. The minimum Gasteiger partial charge on any atom is -0.368 e. The number of rotatable bonds is 3. The van der Waals surface area contributed by atoms with Crippen LogP contribution in [0.2, 0.25) is 5.02 Å². The molecule has 0 radical (unpaired) electrons. The first kappa shape index (κ1) is 16.7. The van der Waals surface area contributed by atoms with Gasteiger partial charge in [0.15, 0.2) is 0 Å². The van der Waals surface area contributed by atoms with E-state index in [0.717, 1.165) is 29.4 Å². The molecule has 126 valence electrons. The van der Waals surface area contributed by atoms with E-state index in [1.54, 1.807) is 0 Å². The van der Waals surface area contributed by atoms with Gasteiger partial charge in [0.1, 0.15) is 0 Å². The minimum atomic E-state index is 0.00122. The minimum absolute atomic E-state index is 0.00122. The summed E-state index contributed by atoms with van der Waals surface area (Å²) in [6, 6.07) is 16.1. The number of piperazine rings is 1. The molecule has 2 aromatic rings. The summed E-state index contributed by atoms with van der Waals surface area (Å²) in [7, 11) is 0. The van der Waals surface area contributed by atoms with Crippen molar-refractivity contribution < 1.29 is 4.79 Å². The quantitative estimate of drug-likeness (QED) is 0.922. The number of carbonyl (C=O) groups excluding carboxylic acids is 1. The van der Waals surface area contributed by atoms with E-state index in [4.69, 9.17) is 11.6 Å². The number of carbonyl (C=O) groups is 1. The third kappa shape index (κ3) is 4.20. The van der Waals surface area contributed by atoms with Crippen molar-refractivity contribution >= 4 is 23.3 Å². The van der Waals surface area contributed by atoms with Crippen LogP contribution in [0.5, 0.6) is 0 Å². The highest BCUT2D eigenvalue weighted by atomic mass is 35.5. The Morgan fingerprint density at radius 3 is 2.46 bits per heavy atom. The summed E-state index contributed by atoms with van der Waals surface area (Å²) in [6.07, 6.45) is 0. The van der Waals surface area contributed by atoms with Crippen molar-refractivity contribution in [3.05, 3.63) is 64.7 Å². The number of nitrogens with zero attached hydrogens (tertiary/aromatic N) is 2. The molecule has 0 bridgehead atoms. The van der Waals surface area contributed by atoms with Gasteiger partial charge in [-0.1, -0.05) is 47.5 Å². The van der Waals surface area contributed by atoms with Crippen molar-refractivity contribution in [2.75, 3.05) is 31.1 Å². The van der Waals surface area contributed by atoms with E-state index in [1.807, 2.05) is 35.2 Å². The van der Waals surface area contributed by atoms with Crippen LogP contribution >= 0.6 is 11.6 Å². The van der Waals surface area contributed by atoms with Gasteiger partial charge in [-0.25, -0.2) is 4.79 Å². The first-order valence-electron chi connectivity index (χ1n) is 8.21. The number of halogens is 1. The van der Waals surface area contributed by atoms with Gasteiger partial charge in [-0.05, 0) is 30.7 Å². The molecule has 0 unspecified atom stereocenters. The molecule has 3 rings (SSSR count). The van der Waals surface area contributed by atoms with Crippen LogP contribution < -0.4 is 10.2 Å². The fourth-order valence-electron chi connectivity index (χ4n) is 2.84. The number of hydrogen-bond acceptors (Lipinski definition) is 2. The largest absolute Gasteiger partial charge is 0.368 e. The van der Waals surface area contributed by atoms with Crippen LogP contribution in [0.15, 0.2) is 48.5 Å². The van der Waals surface area contributed by atoms with Crippen LogP contribution in [0.1, 0.15) is 11.1 Å². The fourth-order valence-corrected chi connectivity index (χ4v) is 3.02. The Bertz CT molecular complexity index is 694. The van der Waals surface area contributed by atoms with Gasteiger partial charge < -0.3 is 15.1 Å². The lowest BCUT2D eigenvalue weighted by Gasteiger charge is -2.36. The van der Waals surface area contributed by atoms with Crippen LogP contribution in [0.3, 0.4) is 0 Å². The number of urea groups is 1. The SMILES string of the molecule is Cc1ccc(CNC(=O)N2CCN(c3cccc(Cl)c3)CC2)cc1. The maximum atomic E-state index is 12.3. The highest BCUT2D eigenvalue weighted by Gasteiger charge is 2.21. The van der Waals surface area contributed by atoms with Crippen molar-refractivity contribution in [3.8, 4) is 0 Å². The van der Waals surface area contributed by atoms with Crippen LogP contribution in [0, 0.1) is 6.92 Å². The average molecular weight is 344 g/mol. The summed E-state index contributed by atoms with van der Waals surface area (Å²) in [6.45, 7) is 5.68. The van der Waals surface area contributed by atoms with Crippen LogP contribution in [0.25, 0.3) is 0 Å². The number of amides is 2. The van der Waals surface area contributed by atoms with Crippen molar-refractivity contribution in [2.24, 2.45) is 0 Å². The second-order valence-corrected chi connectivity index (χ2v) is 6.53. The molecule has 0 aliphatic carbocycles. The molecule has 1 aliphatic heterocycles. The molecule has 4 nitrogen and oxygen atoms in total. The Balaban J connectivity index is 1.49. The third-order valence-electron chi connectivity index (χ3n) is 4.30. The monoisotopic (exact) mass is 343 g/mol. The Labute approximate surface area is 148 Å². The second-order valence-electron chi connectivity index (χ2n) is 6.10. The van der Waals surface area contributed by atoms with E-state index in [9.17, 15) is 4.79 Å². The van der Waals surface area contributed by atoms with Crippen molar-refractivity contribution in [3.63, 3.8) is 0 Å². The second kappa shape index (κ2) is 7.58. The zero-order valence-corrected chi connectivity index (χ0v) is 14.6. The number of aryl methyl sites for hydroxylation is 1. The van der Waals surface area contributed by atoms with Crippen LogP contribution in [0.4, 0.5) is 10.5 Å². The summed E-state index contributed by atoms with van der Waals surface area (Å²) >= 11 is 6.05. The maximum absolute atomic E-state index is 12.3. The van der Waals surface area contributed by atoms with E-state index in [0.29, 0.717) is 19.6 Å². The van der Waals surface area contributed by atoms with Crippen molar-refractivity contribution in [1.29, 1.82) is 0 Å². The standard InChI is InChI=1S/C19H22ClN3O/c1-15-5-7-16(8-6-15)14-21-19(24)23-11-9-22(10-12-23)18-4-2-3-17(20)13-18/h2-8,13H,9-12,14H2,1H3,(H,21,24). The van der Waals surface area contributed by atoms with Crippen molar-refractivity contribution in [2.45, 2.75) is 13.5 Å². The van der Waals surface area contributed by atoms with Crippen LogP contribution in [-0.2, 0) is 6.54 Å². The maximum Gasteiger partial charge on any atom is 0.317 e. The lowest BCUT2D eigenvalue weighted by Crippen LogP contribution is -2.51. The number of nitrogens with one attached hydrogen (secondary N) is 1. The molecular formula is C19H22ClN3O. The predicted octanol–water partition coefficient (Wildman–Crippen LogP) is 3.68. The highest BCUT2D eigenvalue weighted by Crippen LogP contribution is 2.20. The lowest BCUT2D eigenvalue weighted by molar-refractivity contribution is 0.194. The van der Waals surface area contributed by atoms with E-state index >= 15 is 0 Å². The van der Waals surface area contributed by atoms with E-state index in [1.165, 1.54) is 5.56 Å². The normalized spacial score (nSPS) is 14.6. The van der Waals surface area contributed by atoms with E-state index < -0.39 is 0 Å². The van der Waals surface area contributed by atoms with Gasteiger partial charge in [0.2, 0.25) is 0 Å². The Morgan fingerprint density at radius 1 is 1.08 bits per heavy atom. The lowest BCUT2D eigenvalue weighted by atomic mass is 10.1. The van der Waals surface area contributed by atoms with Gasteiger partial charge in [0.25, 0.3) is 0 Å². The summed E-state index contributed by atoms with van der Waals surface area (Å²) in [5, 5.41) is 3.74. The zero-order chi connectivity index (χ0) is 16.9. The number of anilines is 1. The Kier molecular flexibility index (Phi) is 5.26. The molecule has 0 aromatic heterocycles. The first-order chi connectivity index (χ1) is 11.6. The summed E-state index contributed by atoms with van der Waals surface area (Å²) in [4.78, 5) is 16.4. The molecule has 1 aliphatic rings. The summed E-state index contributed by atoms with van der Waals surface area (Å²) < 4.78 is 0. The molecule has 2 amide bonds. The van der Waals surface area contributed by atoms with Gasteiger partial charge in [0, 0.05) is 43.4 Å². The first-order valence-corrected chi connectivity index (χ1v) is 8.58. The summed E-state index contributed by atoms with van der Waals surface area (Å²) in [5.74, 6) is 0. The van der Waals surface area contributed by atoms with Crippen LogP contribution in [-0.4, -0.2) is 37.1 Å². The topological polar surface area (TPSA) is 35.6 Å². The Hall–Kier alpha value is -2.20. The molecule has 0 atom stereocenters. The number of hydrogen-bond donors (Lipinski definition) is 1. The number of benzene rings is 2. The Morgan fingerprint density at radius 2 is 1.79 bits per heavy atom. The van der Waals surface area contributed by atoms with Gasteiger partial charge in [-0.3, -0.25) is 0 Å². The smallest absolute Gasteiger partial charge is 0.317 e. The third-order valence-corrected chi connectivity index (χ3v) is 4.54. The van der Waals surface area contributed by atoms with Gasteiger partial charge in [-0.15, -0.1) is 0 Å². The van der Waals surface area contributed by atoms with Gasteiger partial charge >= 0.3 is 6.03 Å². The average Bonchev–Trinajstić information content (AvgIpc) is 2.61. The summed E-state index contributed by atoms with van der Waals surface area (Å²) in [5.41, 5.74) is 3.45. The van der Waals surface area contributed by atoms with Crippen molar-refractivity contribution in [1.82, 2.24) is 10.2 Å². The van der Waals surface area contributed by atoms with Gasteiger partial charge in [-0.2, -0.15) is 0 Å². The predicted molar refractivity (Wildman–Crippen MR) is 98.7 cm³/mol. The molecule has 1 fully saturated rings. The molecule has 2 aromatic carbocycles. The molecule has 1 N–H and O–H groups in total. The molecule has 0 saturated carbocycles. The molecule has 1 heterocycles. The molecular weight excluding hydrogens is 322 g/mol. The van der Waals surface area contributed by atoms with Gasteiger partial charge in [0.05, 0.1) is 0 Å². The molecule has 1 saturated heterocycles. The fraction of sp³-hybridized carbons (Fsp3) is 0.316. The van der Waals surface area contributed by atoms with E-state index in [2.05, 4.69) is 35.3 Å². The molecule has 5 heteroatoms. The molecule has 24 heavy (non-hydrogen) atoms. The zero-order valence-electron chi connectivity index (χ0n) is 13.8.